The molecule has 2 heterocycles. The SMILES string of the molecule is Cc1csc2nc(C[NH+](C)CCOc3ccccc3)cc(=O)n12. The predicted molar refractivity (Wildman–Crippen MR) is 91.5 cm³/mol. The molecule has 1 atom stereocenters. The van der Waals surface area contributed by atoms with Gasteiger partial charge in [0.1, 0.15) is 31.1 Å². The number of fused-ring (bicyclic) bond motifs is 1. The number of aromatic nitrogens is 2. The van der Waals surface area contributed by atoms with Crippen LogP contribution in [0.3, 0.4) is 0 Å². The first kappa shape index (κ1) is 15.7. The van der Waals surface area contributed by atoms with Crippen LogP contribution in [0.15, 0.2) is 46.6 Å². The lowest BCUT2D eigenvalue weighted by molar-refractivity contribution is -0.894. The normalized spacial score (nSPS) is 12.4. The highest BCUT2D eigenvalue weighted by molar-refractivity contribution is 7.15. The van der Waals surface area contributed by atoms with Crippen molar-refractivity contribution in [1.29, 1.82) is 0 Å². The van der Waals surface area contributed by atoms with Crippen molar-refractivity contribution in [2.45, 2.75) is 13.5 Å². The Kier molecular flexibility index (Phi) is 4.73. The summed E-state index contributed by atoms with van der Waals surface area (Å²) in [6, 6.07) is 11.4. The lowest BCUT2D eigenvalue weighted by Gasteiger charge is -2.14. The minimum absolute atomic E-state index is 0.00270. The van der Waals surface area contributed by atoms with Crippen LogP contribution in [0, 0.1) is 6.92 Å². The van der Waals surface area contributed by atoms with E-state index in [1.54, 1.807) is 10.5 Å². The van der Waals surface area contributed by atoms with Gasteiger partial charge in [0.15, 0.2) is 4.96 Å². The van der Waals surface area contributed by atoms with E-state index >= 15 is 0 Å². The molecule has 0 spiro atoms. The van der Waals surface area contributed by atoms with Crippen LogP contribution in [0.4, 0.5) is 0 Å². The van der Waals surface area contributed by atoms with Crippen molar-refractivity contribution >= 4 is 16.3 Å². The summed E-state index contributed by atoms with van der Waals surface area (Å²) < 4.78 is 7.36. The van der Waals surface area contributed by atoms with Crippen LogP contribution in [0.5, 0.6) is 5.75 Å². The Morgan fingerprint density at radius 3 is 2.87 bits per heavy atom. The molecule has 120 valence electrons. The molecule has 3 aromatic rings. The molecule has 0 aliphatic rings. The second-order valence-electron chi connectivity index (χ2n) is 5.63. The average molecular weight is 330 g/mol. The van der Waals surface area contributed by atoms with Gasteiger partial charge in [0.25, 0.3) is 5.56 Å². The summed E-state index contributed by atoms with van der Waals surface area (Å²) in [5.74, 6) is 0.882. The first-order valence-corrected chi connectivity index (χ1v) is 8.47. The molecule has 1 N–H and O–H groups in total. The van der Waals surface area contributed by atoms with Crippen molar-refractivity contribution in [2.24, 2.45) is 0 Å². The zero-order valence-corrected chi connectivity index (χ0v) is 14.1. The number of hydrogen-bond donors (Lipinski definition) is 1. The molecule has 0 aliphatic carbocycles. The minimum Gasteiger partial charge on any atom is -0.488 e. The molecular weight excluding hydrogens is 310 g/mol. The van der Waals surface area contributed by atoms with Crippen LogP contribution >= 0.6 is 11.3 Å². The maximum Gasteiger partial charge on any atom is 0.259 e. The summed E-state index contributed by atoms with van der Waals surface area (Å²) in [4.78, 5) is 18.8. The summed E-state index contributed by atoms with van der Waals surface area (Å²) in [7, 11) is 2.08. The standard InChI is InChI=1S/C17H19N3O2S/c1-13-12-23-17-18-14(10-16(21)20(13)17)11-19(2)8-9-22-15-6-4-3-5-7-15/h3-7,10,12H,8-9,11H2,1-2H3/p+1. The summed E-state index contributed by atoms with van der Waals surface area (Å²) in [6.45, 7) is 4.11. The van der Waals surface area contributed by atoms with Gasteiger partial charge in [-0.25, -0.2) is 4.98 Å². The number of rotatable bonds is 6. The molecule has 0 saturated heterocycles. The Labute approximate surface area is 138 Å². The molecule has 0 bridgehead atoms. The Hall–Kier alpha value is -2.18. The molecule has 3 rings (SSSR count). The Morgan fingerprint density at radius 1 is 1.30 bits per heavy atom. The Morgan fingerprint density at radius 2 is 2.09 bits per heavy atom. The van der Waals surface area contributed by atoms with Crippen LogP contribution in [-0.4, -0.2) is 29.6 Å². The monoisotopic (exact) mass is 330 g/mol. The largest absolute Gasteiger partial charge is 0.488 e. The van der Waals surface area contributed by atoms with Crippen LogP contribution < -0.4 is 15.2 Å². The van der Waals surface area contributed by atoms with E-state index in [9.17, 15) is 4.79 Å². The fourth-order valence-corrected chi connectivity index (χ4v) is 3.34. The van der Waals surface area contributed by atoms with Gasteiger partial charge in [-0.1, -0.05) is 18.2 Å². The average Bonchev–Trinajstić information content (AvgIpc) is 2.90. The van der Waals surface area contributed by atoms with Crippen molar-refractivity contribution in [2.75, 3.05) is 20.2 Å². The van der Waals surface area contributed by atoms with Gasteiger partial charge in [-0.3, -0.25) is 9.20 Å². The van der Waals surface area contributed by atoms with Crippen molar-refractivity contribution in [1.82, 2.24) is 9.38 Å². The quantitative estimate of drug-likeness (QED) is 0.738. The number of likely N-dealkylation sites (N-methyl/N-ethyl adjacent to an activating group) is 1. The molecule has 0 amide bonds. The smallest absolute Gasteiger partial charge is 0.259 e. The zero-order valence-electron chi connectivity index (χ0n) is 13.3. The molecular formula is C17H20N3O2S+. The number of ether oxygens (including phenoxy) is 1. The van der Waals surface area contributed by atoms with E-state index in [2.05, 4.69) is 12.0 Å². The third kappa shape index (κ3) is 3.78. The molecule has 1 aromatic carbocycles. The number of para-hydroxylation sites is 1. The maximum absolute atomic E-state index is 12.2. The molecule has 2 aromatic heterocycles. The van der Waals surface area contributed by atoms with E-state index < -0.39 is 0 Å². The van der Waals surface area contributed by atoms with E-state index in [4.69, 9.17) is 4.74 Å². The van der Waals surface area contributed by atoms with E-state index in [1.807, 2.05) is 42.6 Å². The summed E-state index contributed by atoms with van der Waals surface area (Å²) in [6.07, 6.45) is 0. The van der Waals surface area contributed by atoms with Crippen LogP contribution in [0.25, 0.3) is 4.96 Å². The molecule has 0 radical (unpaired) electrons. The molecule has 0 fully saturated rings. The van der Waals surface area contributed by atoms with Crippen molar-refractivity contribution in [3.05, 3.63) is 63.5 Å². The number of quaternary nitrogens is 1. The third-order valence-electron chi connectivity index (χ3n) is 3.65. The highest BCUT2D eigenvalue weighted by atomic mass is 32.1. The number of nitrogens with one attached hydrogen (secondary N) is 1. The topological polar surface area (TPSA) is 48.0 Å². The van der Waals surface area contributed by atoms with Crippen LogP contribution in [-0.2, 0) is 6.54 Å². The zero-order chi connectivity index (χ0) is 16.2. The van der Waals surface area contributed by atoms with Crippen molar-refractivity contribution < 1.29 is 9.64 Å². The van der Waals surface area contributed by atoms with E-state index in [1.165, 1.54) is 16.2 Å². The van der Waals surface area contributed by atoms with Gasteiger partial charge in [-0.05, 0) is 19.1 Å². The number of benzene rings is 1. The summed E-state index contributed by atoms with van der Waals surface area (Å²) in [5, 5.41) is 1.96. The molecule has 6 heteroatoms. The van der Waals surface area contributed by atoms with E-state index in [0.29, 0.717) is 13.2 Å². The van der Waals surface area contributed by atoms with Crippen molar-refractivity contribution in [3.8, 4) is 5.75 Å². The lowest BCUT2D eigenvalue weighted by Crippen LogP contribution is -3.08. The third-order valence-corrected chi connectivity index (χ3v) is 4.60. The second kappa shape index (κ2) is 6.93. The van der Waals surface area contributed by atoms with Gasteiger partial charge >= 0.3 is 0 Å². The predicted octanol–water partition coefficient (Wildman–Crippen LogP) is 1.16. The number of nitrogens with zero attached hydrogens (tertiary/aromatic N) is 2. The molecule has 23 heavy (non-hydrogen) atoms. The minimum atomic E-state index is -0.00270. The number of aryl methyl sites for hydroxylation is 1. The Bertz CT molecular complexity index is 842. The van der Waals surface area contributed by atoms with Crippen molar-refractivity contribution in [3.63, 3.8) is 0 Å². The second-order valence-corrected chi connectivity index (χ2v) is 6.46. The van der Waals surface area contributed by atoms with E-state index in [0.717, 1.165) is 28.6 Å². The lowest BCUT2D eigenvalue weighted by atomic mass is 10.3. The van der Waals surface area contributed by atoms with E-state index in [-0.39, 0.29) is 5.56 Å². The number of hydrogen-bond acceptors (Lipinski definition) is 4. The fourth-order valence-electron chi connectivity index (χ4n) is 2.45. The fraction of sp³-hybridized carbons (Fsp3) is 0.294. The molecule has 1 unspecified atom stereocenters. The Balaban J connectivity index is 1.59. The van der Waals surface area contributed by atoms with Crippen LogP contribution in [0.1, 0.15) is 11.4 Å². The maximum atomic E-state index is 12.2. The van der Waals surface area contributed by atoms with Gasteiger partial charge in [-0.15, -0.1) is 11.3 Å². The summed E-state index contributed by atoms with van der Waals surface area (Å²) >= 11 is 1.50. The van der Waals surface area contributed by atoms with Gasteiger partial charge in [0.05, 0.1) is 7.05 Å². The first-order chi connectivity index (χ1) is 11.1. The van der Waals surface area contributed by atoms with Gasteiger partial charge in [0.2, 0.25) is 0 Å². The number of thiazole rings is 1. The highest BCUT2D eigenvalue weighted by Crippen LogP contribution is 2.11. The molecule has 0 saturated carbocycles. The molecule has 5 nitrogen and oxygen atoms in total. The van der Waals surface area contributed by atoms with Crippen LogP contribution in [0.2, 0.25) is 0 Å². The molecule has 0 aliphatic heterocycles. The highest BCUT2D eigenvalue weighted by Gasteiger charge is 2.10. The first-order valence-electron chi connectivity index (χ1n) is 7.59. The van der Waals surface area contributed by atoms with Gasteiger partial charge in [-0.2, -0.15) is 0 Å². The summed E-state index contributed by atoms with van der Waals surface area (Å²) in [5.41, 5.74) is 1.76. The van der Waals surface area contributed by atoms with Gasteiger partial charge < -0.3 is 9.64 Å². The van der Waals surface area contributed by atoms with Gasteiger partial charge in [0, 0.05) is 17.1 Å².